The molecule has 28 heavy (non-hydrogen) atoms. The summed E-state index contributed by atoms with van der Waals surface area (Å²) in [6.45, 7) is 4.83. The van der Waals surface area contributed by atoms with Crippen LogP contribution in [0.2, 0.25) is 0 Å². The fourth-order valence-electron chi connectivity index (χ4n) is 3.70. The van der Waals surface area contributed by atoms with Gasteiger partial charge in [-0.15, -0.1) is 0 Å². The lowest BCUT2D eigenvalue weighted by molar-refractivity contribution is -0.130. The van der Waals surface area contributed by atoms with Gasteiger partial charge in [0.15, 0.2) is 17.2 Å². The summed E-state index contributed by atoms with van der Waals surface area (Å²) in [5, 5.41) is 4.49. The highest BCUT2D eigenvalue weighted by Crippen LogP contribution is 2.33. The first-order valence-corrected chi connectivity index (χ1v) is 9.47. The van der Waals surface area contributed by atoms with Crippen molar-refractivity contribution in [2.45, 2.75) is 33.0 Å². The Kier molecular flexibility index (Phi) is 4.93. The summed E-state index contributed by atoms with van der Waals surface area (Å²) < 4.78 is 13.1. The lowest BCUT2D eigenvalue weighted by Gasteiger charge is -2.26. The van der Waals surface area contributed by atoms with Crippen molar-refractivity contribution in [3.63, 3.8) is 0 Å². The number of carbonyl (C=O) groups excluding carboxylic acids is 2. The number of rotatable bonds is 2. The van der Waals surface area contributed by atoms with Gasteiger partial charge in [-0.1, -0.05) is 12.1 Å². The summed E-state index contributed by atoms with van der Waals surface area (Å²) in [7, 11) is 1.61. The molecule has 0 aliphatic carbocycles. The maximum atomic E-state index is 13.2. The second-order valence-corrected chi connectivity index (χ2v) is 7.06. The van der Waals surface area contributed by atoms with E-state index in [1.165, 1.54) is 0 Å². The molecule has 8 heteroatoms. The quantitative estimate of drug-likeness (QED) is 0.787. The highest BCUT2D eigenvalue weighted by atomic mass is 16.5. The molecule has 0 unspecified atom stereocenters. The molecule has 2 aromatic rings. The van der Waals surface area contributed by atoms with Crippen LogP contribution in [0.4, 0.5) is 0 Å². The van der Waals surface area contributed by atoms with Crippen LogP contribution in [0.25, 0.3) is 0 Å². The number of para-hydroxylation sites is 1. The minimum absolute atomic E-state index is 0.0367. The van der Waals surface area contributed by atoms with Crippen LogP contribution < -0.4 is 9.47 Å². The molecular formula is C20H24N4O4. The number of nitrogens with zero attached hydrogens (tertiary/aromatic N) is 4. The van der Waals surface area contributed by atoms with Crippen LogP contribution in [-0.2, 0) is 24.4 Å². The molecule has 0 atom stereocenters. The molecule has 0 saturated carbocycles. The summed E-state index contributed by atoms with van der Waals surface area (Å²) in [5.41, 5.74) is 2.23. The van der Waals surface area contributed by atoms with Gasteiger partial charge >= 0.3 is 0 Å². The van der Waals surface area contributed by atoms with E-state index in [9.17, 15) is 9.59 Å². The zero-order chi connectivity index (χ0) is 19.7. The van der Waals surface area contributed by atoms with Crippen molar-refractivity contribution in [3.05, 3.63) is 41.2 Å². The molecule has 0 spiro atoms. The Morgan fingerprint density at radius 1 is 1.14 bits per heavy atom. The van der Waals surface area contributed by atoms with Crippen molar-refractivity contribution < 1.29 is 19.1 Å². The van der Waals surface area contributed by atoms with E-state index in [4.69, 9.17) is 9.47 Å². The van der Waals surface area contributed by atoms with E-state index in [0.29, 0.717) is 56.5 Å². The summed E-state index contributed by atoms with van der Waals surface area (Å²) in [6.07, 6.45) is 0.731. The molecule has 1 aromatic heterocycles. The van der Waals surface area contributed by atoms with Crippen LogP contribution in [0, 0.1) is 0 Å². The molecule has 0 radical (unpaired) electrons. The van der Waals surface area contributed by atoms with Crippen LogP contribution in [0.5, 0.6) is 11.5 Å². The minimum atomic E-state index is -0.105. The second kappa shape index (κ2) is 7.53. The van der Waals surface area contributed by atoms with Crippen molar-refractivity contribution in [2.24, 2.45) is 0 Å². The Balaban J connectivity index is 1.57. The monoisotopic (exact) mass is 384 g/mol. The first-order valence-electron chi connectivity index (χ1n) is 9.47. The number of hydrogen-bond acceptors (Lipinski definition) is 5. The fourth-order valence-corrected chi connectivity index (χ4v) is 3.70. The molecule has 0 fully saturated rings. The molecular weight excluding hydrogens is 360 g/mol. The SMILES string of the molecule is COc1cccc2c1OCCCN(C(=O)c1cc3n(n1)CCN(C(C)=O)C3)C2. The molecule has 8 nitrogen and oxygen atoms in total. The number of methoxy groups -OCH3 is 1. The van der Waals surface area contributed by atoms with Crippen molar-refractivity contribution in [1.82, 2.24) is 19.6 Å². The normalized spacial score (nSPS) is 16.4. The second-order valence-electron chi connectivity index (χ2n) is 7.06. The van der Waals surface area contributed by atoms with Gasteiger partial charge in [-0.3, -0.25) is 14.3 Å². The average Bonchev–Trinajstić information content (AvgIpc) is 3.10. The highest BCUT2D eigenvalue weighted by molar-refractivity contribution is 5.92. The van der Waals surface area contributed by atoms with Gasteiger partial charge in [-0.25, -0.2) is 0 Å². The van der Waals surface area contributed by atoms with Gasteiger partial charge < -0.3 is 19.3 Å². The van der Waals surface area contributed by atoms with Crippen LogP contribution in [0.3, 0.4) is 0 Å². The van der Waals surface area contributed by atoms with Crippen LogP contribution in [0.15, 0.2) is 24.3 Å². The Bertz CT molecular complexity index is 908. The summed E-state index contributed by atoms with van der Waals surface area (Å²) >= 11 is 0. The van der Waals surface area contributed by atoms with Gasteiger partial charge in [0, 0.05) is 32.1 Å². The highest BCUT2D eigenvalue weighted by Gasteiger charge is 2.26. The number of carbonyl (C=O) groups is 2. The topological polar surface area (TPSA) is 76.9 Å². The maximum absolute atomic E-state index is 13.2. The fraction of sp³-hybridized carbons (Fsp3) is 0.450. The van der Waals surface area contributed by atoms with E-state index in [2.05, 4.69) is 5.10 Å². The van der Waals surface area contributed by atoms with Crippen LogP contribution in [0.1, 0.15) is 35.1 Å². The van der Waals surface area contributed by atoms with Gasteiger partial charge in [0.05, 0.1) is 32.5 Å². The zero-order valence-corrected chi connectivity index (χ0v) is 16.2. The lowest BCUT2D eigenvalue weighted by atomic mass is 10.1. The summed E-state index contributed by atoms with van der Waals surface area (Å²) in [5.74, 6) is 1.30. The number of fused-ring (bicyclic) bond motifs is 2. The lowest BCUT2D eigenvalue weighted by Crippen LogP contribution is -2.37. The van der Waals surface area contributed by atoms with Gasteiger partial charge in [-0.05, 0) is 18.6 Å². The molecule has 2 aliphatic rings. The zero-order valence-electron chi connectivity index (χ0n) is 16.2. The molecule has 1 aromatic carbocycles. The third kappa shape index (κ3) is 3.42. The Morgan fingerprint density at radius 3 is 2.79 bits per heavy atom. The molecule has 148 valence electrons. The van der Waals surface area contributed by atoms with E-state index in [1.807, 2.05) is 22.9 Å². The Labute approximate surface area is 163 Å². The van der Waals surface area contributed by atoms with E-state index in [-0.39, 0.29) is 11.8 Å². The summed E-state index contributed by atoms with van der Waals surface area (Å²) in [6, 6.07) is 7.51. The Hall–Kier alpha value is -3.03. The average molecular weight is 384 g/mol. The molecule has 0 N–H and O–H groups in total. The van der Waals surface area contributed by atoms with Crippen molar-refractivity contribution >= 4 is 11.8 Å². The number of hydrogen-bond donors (Lipinski definition) is 0. The smallest absolute Gasteiger partial charge is 0.274 e. The number of amides is 2. The third-order valence-electron chi connectivity index (χ3n) is 5.21. The number of benzene rings is 1. The minimum Gasteiger partial charge on any atom is -0.493 e. The first-order chi connectivity index (χ1) is 13.6. The first kappa shape index (κ1) is 18.3. The predicted molar refractivity (Wildman–Crippen MR) is 101 cm³/mol. The summed E-state index contributed by atoms with van der Waals surface area (Å²) in [4.78, 5) is 28.4. The molecule has 0 bridgehead atoms. The van der Waals surface area contributed by atoms with Gasteiger partial charge in [0.2, 0.25) is 5.91 Å². The largest absolute Gasteiger partial charge is 0.493 e. The number of aromatic nitrogens is 2. The van der Waals surface area contributed by atoms with Crippen LogP contribution in [-0.4, -0.2) is 58.2 Å². The van der Waals surface area contributed by atoms with E-state index in [1.54, 1.807) is 29.9 Å². The predicted octanol–water partition coefficient (Wildman–Crippen LogP) is 1.68. The van der Waals surface area contributed by atoms with E-state index >= 15 is 0 Å². The Morgan fingerprint density at radius 2 is 2.00 bits per heavy atom. The van der Waals surface area contributed by atoms with Crippen LogP contribution >= 0.6 is 0 Å². The molecule has 0 saturated heterocycles. The standard InChI is InChI=1S/C20H24N4O4/c1-14(25)22-8-9-24-16(13-22)11-17(21-24)20(26)23-7-4-10-28-19-15(12-23)5-3-6-18(19)27-2/h3,5-6,11H,4,7-10,12-13H2,1-2H3. The maximum Gasteiger partial charge on any atom is 0.274 e. The van der Waals surface area contributed by atoms with Gasteiger partial charge in [0.1, 0.15) is 0 Å². The van der Waals surface area contributed by atoms with Crippen molar-refractivity contribution in [1.29, 1.82) is 0 Å². The van der Waals surface area contributed by atoms with E-state index in [0.717, 1.165) is 17.7 Å². The molecule has 4 rings (SSSR count). The van der Waals surface area contributed by atoms with E-state index < -0.39 is 0 Å². The molecule has 3 heterocycles. The van der Waals surface area contributed by atoms with Crippen molar-refractivity contribution in [3.8, 4) is 11.5 Å². The molecule has 2 aliphatic heterocycles. The van der Waals surface area contributed by atoms with Gasteiger partial charge in [0.25, 0.3) is 5.91 Å². The van der Waals surface area contributed by atoms with Crippen molar-refractivity contribution in [2.75, 3.05) is 26.8 Å². The number of ether oxygens (including phenoxy) is 2. The molecule has 2 amide bonds. The van der Waals surface area contributed by atoms with Gasteiger partial charge in [-0.2, -0.15) is 5.10 Å². The third-order valence-corrected chi connectivity index (χ3v) is 5.21.